The van der Waals surface area contributed by atoms with Gasteiger partial charge in [-0.2, -0.15) is 9.90 Å². The molecule has 0 nitrogen and oxygen atoms in total. The molecular formula is C24H24P2. The van der Waals surface area contributed by atoms with E-state index >= 15 is 0 Å². The predicted molar refractivity (Wildman–Crippen MR) is 124 cm³/mol. The second kappa shape index (κ2) is 8.41. The van der Waals surface area contributed by atoms with E-state index in [0.717, 1.165) is 0 Å². The molecule has 0 heterocycles. The van der Waals surface area contributed by atoms with Gasteiger partial charge in [-0.1, -0.05) is 0 Å². The standard InChI is InChI=1S/C24H21P.H3P/c1-5-13-21(14-6-1)25(22-15-7-2-8-16-22,23-17-9-3-10-18-23)24-19-11-4-12-20-24;/h1-20,25H;1H3. The molecule has 2 heteroatoms. The van der Waals surface area contributed by atoms with Gasteiger partial charge >= 0.3 is 150 Å². The molecule has 0 bridgehead atoms. The van der Waals surface area contributed by atoms with E-state index in [2.05, 4.69) is 121 Å². The van der Waals surface area contributed by atoms with Crippen LogP contribution in [0.15, 0.2) is 121 Å². The first-order valence-electron chi connectivity index (χ1n) is 8.64. The molecule has 0 amide bonds. The summed E-state index contributed by atoms with van der Waals surface area (Å²) < 4.78 is 0. The van der Waals surface area contributed by atoms with Crippen molar-refractivity contribution in [1.29, 1.82) is 0 Å². The van der Waals surface area contributed by atoms with Crippen molar-refractivity contribution in [2.24, 2.45) is 0 Å². The Morgan fingerprint density at radius 2 is 0.500 bits per heavy atom. The zero-order valence-electron chi connectivity index (χ0n) is 14.8. The summed E-state index contributed by atoms with van der Waals surface area (Å²) in [5, 5.41) is 5.66. The van der Waals surface area contributed by atoms with Crippen LogP contribution < -0.4 is 21.2 Å². The minimum absolute atomic E-state index is 0. The van der Waals surface area contributed by atoms with Gasteiger partial charge in [0.15, 0.2) is 0 Å². The third kappa shape index (κ3) is 3.24. The van der Waals surface area contributed by atoms with Crippen molar-refractivity contribution >= 4 is 38.4 Å². The fourth-order valence-electron chi connectivity index (χ4n) is 3.75. The van der Waals surface area contributed by atoms with Gasteiger partial charge in [-0.25, -0.2) is 0 Å². The van der Waals surface area contributed by atoms with Crippen molar-refractivity contribution < 1.29 is 0 Å². The normalized spacial score (nSPS) is 11.4. The molecule has 0 aliphatic heterocycles. The van der Waals surface area contributed by atoms with E-state index in [1.807, 2.05) is 0 Å². The van der Waals surface area contributed by atoms with Crippen LogP contribution in [0.25, 0.3) is 0 Å². The minimum atomic E-state index is -2.30. The quantitative estimate of drug-likeness (QED) is 0.472. The molecule has 4 aromatic rings. The first-order valence-corrected chi connectivity index (χ1v) is 10.6. The van der Waals surface area contributed by atoms with Gasteiger partial charge in [0.1, 0.15) is 0 Å². The second-order valence-corrected chi connectivity index (χ2v) is 10.0. The summed E-state index contributed by atoms with van der Waals surface area (Å²) >= 11 is 0. The molecule has 1 atom stereocenters. The molecule has 0 aromatic heterocycles. The van der Waals surface area contributed by atoms with Crippen LogP contribution in [-0.4, -0.2) is 0 Å². The van der Waals surface area contributed by atoms with Crippen molar-refractivity contribution in [2.45, 2.75) is 0 Å². The Kier molecular flexibility index (Phi) is 6.00. The zero-order chi connectivity index (χ0) is 17.0. The third-order valence-corrected chi connectivity index (χ3v) is 9.62. The Morgan fingerprint density at radius 3 is 0.692 bits per heavy atom. The Bertz CT molecular complexity index is 757. The van der Waals surface area contributed by atoms with Crippen LogP contribution >= 0.6 is 17.2 Å². The molecule has 1 unspecified atom stereocenters. The first-order chi connectivity index (χ1) is 12.4. The van der Waals surface area contributed by atoms with Gasteiger partial charge in [-0.05, 0) is 0 Å². The van der Waals surface area contributed by atoms with Gasteiger partial charge in [0.2, 0.25) is 0 Å². The van der Waals surface area contributed by atoms with Crippen molar-refractivity contribution in [3.63, 3.8) is 0 Å². The van der Waals surface area contributed by atoms with E-state index < -0.39 is 7.26 Å². The predicted octanol–water partition coefficient (Wildman–Crippen LogP) is 4.10. The monoisotopic (exact) mass is 374 g/mol. The molecule has 130 valence electrons. The molecule has 0 radical (unpaired) electrons. The first kappa shape index (κ1) is 18.5. The molecule has 0 fully saturated rings. The molecule has 4 aromatic carbocycles. The second-order valence-electron chi connectivity index (χ2n) is 6.21. The molecule has 0 aliphatic rings. The van der Waals surface area contributed by atoms with Gasteiger partial charge in [0.05, 0.1) is 0 Å². The van der Waals surface area contributed by atoms with Crippen LogP contribution in [0.2, 0.25) is 0 Å². The summed E-state index contributed by atoms with van der Waals surface area (Å²) in [6.45, 7) is 0. The van der Waals surface area contributed by atoms with Crippen LogP contribution in [0, 0.1) is 0 Å². The average Bonchev–Trinajstić information content (AvgIpc) is 2.72. The summed E-state index contributed by atoms with van der Waals surface area (Å²) in [4.78, 5) is 0. The van der Waals surface area contributed by atoms with E-state index in [1.54, 1.807) is 0 Å². The Balaban J connectivity index is 0.00000196. The van der Waals surface area contributed by atoms with E-state index in [4.69, 9.17) is 0 Å². The third-order valence-electron chi connectivity index (χ3n) is 4.83. The number of hydrogen-bond acceptors (Lipinski definition) is 0. The van der Waals surface area contributed by atoms with E-state index in [0.29, 0.717) is 0 Å². The van der Waals surface area contributed by atoms with Gasteiger partial charge in [-0.15, -0.1) is 0 Å². The van der Waals surface area contributed by atoms with Crippen molar-refractivity contribution in [1.82, 2.24) is 0 Å². The van der Waals surface area contributed by atoms with Crippen molar-refractivity contribution in [3.8, 4) is 0 Å². The Morgan fingerprint density at radius 1 is 0.308 bits per heavy atom. The molecule has 26 heavy (non-hydrogen) atoms. The molecule has 0 aliphatic carbocycles. The Labute approximate surface area is 159 Å². The van der Waals surface area contributed by atoms with Crippen LogP contribution in [0.3, 0.4) is 0 Å². The van der Waals surface area contributed by atoms with Gasteiger partial charge in [0, 0.05) is 0 Å². The average molecular weight is 374 g/mol. The van der Waals surface area contributed by atoms with Crippen molar-refractivity contribution in [3.05, 3.63) is 121 Å². The fourth-order valence-corrected chi connectivity index (χ4v) is 8.52. The van der Waals surface area contributed by atoms with Crippen LogP contribution in [0.1, 0.15) is 0 Å². The topological polar surface area (TPSA) is 0 Å². The maximum atomic E-state index is 2.29. The summed E-state index contributed by atoms with van der Waals surface area (Å²) in [6.07, 6.45) is 0. The SMILES string of the molecule is P.c1ccc([PH](c2ccccc2)(c2ccccc2)c2ccccc2)cc1. The summed E-state index contributed by atoms with van der Waals surface area (Å²) in [7, 11) is -2.30. The maximum absolute atomic E-state index is 2.30. The van der Waals surface area contributed by atoms with Gasteiger partial charge in [-0.3, -0.25) is 0 Å². The van der Waals surface area contributed by atoms with Crippen LogP contribution in [0.5, 0.6) is 0 Å². The van der Waals surface area contributed by atoms with E-state index in [9.17, 15) is 0 Å². The fraction of sp³-hybridized carbons (Fsp3) is 0. The molecule has 0 spiro atoms. The number of rotatable bonds is 4. The summed E-state index contributed by atoms with van der Waals surface area (Å²) in [5.74, 6) is 0. The number of benzene rings is 4. The zero-order valence-corrected chi connectivity index (χ0v) is 17.2. The number of hydrogen-bond donors (Lipinski definition) is 0. The molecule has 4 rings (SSSR count). The van der Waals surface area contributed by atoms with E-state index in [-0.39, 0.29) is 9.90 Å². The van der Waals surface area contributed by atoms with Gasteiger partial charge < -0.3 is 0 Å². The summed E-state index contributed by atoms with van der Waals surface area (Å²) in [6, 6.07) is 44.0. The molecular weight excluding hydrogens is 350 g/mol. The van der Waals surface area contributed by atoms with Crippen LogP contribution in [-0.2, 0) is 0 Å². The molecule has 0 N–H and O–H groups in total. The molecule has 0 saturated heterocycles. The Hall–Kier alpha value is -2.26. The molecule has 0 saturated carbocycles. The van der Waals surface area contributed by atoms with Crippen molar-refractivity contribution in [2.75, 3.05) is 0 Å². The summed E-state index contributed by atoms with van der Waals surface area (Å²) in [5.41, 5.74) is 0. The van der Waals surface area contributed by atoms with Gasteiger partial charge in [0.25, 0.3) is 0 Å². The van der Waals surface area contributed by atoms with Crippen LogP contribution in [0.4, 0.5) is 0 Å². The van der Waals surface area contributed by atoms with E-state index in [1.165, 1.54) is 21.2 Å².